The SMILES string of the molecule is O=C(NCC(O)C(O)c1cc([N+](=O)[O-])ccc1F)OCC1c2ccccc2-c2ccccc21. The monoisotopic (exact) mass is 452 g/mol. The number of nitro groups is 1. The van der Waals surface area contributed by atoms with E-state index in [4.69, 9.17) is 4.74 Å². The van der Waals surface area contributed by atoms with E-state index in [0.717, 1.165) is 40.5 Å². The van der Waals surface area contributed by atoms with Gasteiger partial charge in [-0.3, -0.25) is 10.1 Å². The molecule has 0 aliphatic heterocycles. The van der Waals surface area contributed by atoms with Crippen molar-refractivity contribution in [3.63, 3.8) is 0 Å². The Bertz CT molecular complexity index is 1160. The number of amides is 1. The van der Waals surface area contributed by atoms with Crippen LogP contribution in [0.15, 0.2) is 66.7 Å². The zero-order valence-corrected chi connectivity index (χ0v) is 17.3. The summed E-state index contributed by atoms with van der Waals surface area (Å²) in [6.45, 7) is -0.377. The summed E-state index contributed by atoms with van der Waals surface area (Å²) in [7, 11) is 0. The second-order valence-corrected chi connectivity index (χ2v) is 7.68. The van der Waals surface area contributed by atoms with Crippen LogP contribution in [0.3, 0.4) is 0 Å². The van der Waals surface area contributed by atoms with Crippen molar-refractivity contribution >= 4 is 11.8 Å². The number of carbonyl (C=O) groups is 1. The zero-order valence-electron chi connectivity index (χ0n) is 17.3. The van der Waals surface area contributed by atoms with Crippen LogP contribution in [-0.4, -0.2) is 40.5 Å². The van der Waals surface area contributed by atoms with Crippen LogP contribution in [0.25, 0.3) is 11.1 Å². The van der Waals surface area contributed by atoms with Gasteiger partial charge in [0.05, 0.1) is 4.92 Å². The van der Waals surface area contributed by atoms with Gasteiger partial charge in [0.1, 0.15) is 24.6 Å². The molecule has 170 valence electrons. The minimum atomic E-state index is -1.78. The molecule has 0 heterocycles. The van der Waals surface area contributed by atoms with Gasteiger partial charge >= 0.3 is 6.09 Å². The lowest BCUT2D eigenvalue weighted by atomic mass is 9.98. The number of halogens is 1. The molecule has 1 aliphatic carbocycles. The first kappa shape index (κ1) is 22.4. The molecular formula is C24H21FN2O6. The number of fused-ring (bicyclic) bond motifs is 3. The Morgan fingerprint density at radius 1 is 1.06 bits per heavy atom. The Labute approximate surface area is 188 Å². The van der Waals surface area contributed by atoms with Crippen molar-refractivity contribution in [3.8, 4) is 11.1 Å². The average Bonchev–Trinajstić information content (AvgIpc) is 3.14. The van der Waals surface area contributed by atoms with Crippen LogP contribution in [-0.2, 0) is 4.74 Å². The highest BCUT2D eigenvalue weighted by Gasteiger charge is 2.29. The summed E-state index contributed by atoms with van der Waals surface area (Å²) >= 11 is 0. The van der Waals surface area contributed by atoms with Gasteiger partial charge in [-0.15, -0.1) is 0 Å². The van der Waals surface area contributed by atoms with E-state index in [1.165, 1.54) is 0 Å². The molecule has 33 heavy (non-hydrogen) atoms. The minimum absolute atomic E-state index is 0.0675. The summed E-state index contributed by atoms with van der Waals surface area (Å²) in [5.74, 6) is -1.05. The fraction of sp³-hybridized carbons (Fsp3) is 0.208. The van der Waals surface area contributed by atoms with Crippen LogP contribution in [0.4, 0.5) is 14.9 Å². The van der Waals surface area contributed by atoms with Crippen LogP contribution in [0.5, 0.6) is 0 Å². The van der Waals surface area contributed by atoms with Gasteiger partial charge in [-0.25, -0.2) is 9.18 Å². The molecule has 3 aromatic carbocycles. The Balaban J connectivity index is 1.36. The number of hydrogen-bond acceptors (Lipinski definition) is 6. The number of aliphatic hydroxyl groups is 2. The predicted octanol–water partition coefficient (Wildman–Crippen LogP) is 3.67. The number of rotatable bonds is 7. The smallest absolute Gasteiger partial charge is 0.407 e. The highest BCUT2D eigenvalue weighted by molar-refractivity contribution is 5.79. The lowest BCUT2D eigenvalue weighted by Crippen LogP contribution is -2.36. The third-order valence-corrected chi connectivity index (χ3v) is 5.67. The molecule has 4 rings (SSSR count). The molecule has 1 aliphatic rings. The highest BCUT2D eigenvalue weighted by Crippen LogP contribution is 2.44. The van der Waals surface area contributed by atoms with E-state index in [2.05, 4.69) is 5.32 Å². The van der Waals surface area contributed by atoms with E-state index >= 15 is 0 Å². The first-order chi connectivity index (χ1) is 15.9. The van der Waals surface area contributed by atoms with E-state index in [1.807, 2.05) is 48.5 Å². The summed E-state index contributed by atoms with van der Waals surface area (Å²) < 4.78 is 19.3. The van der Waals surface area contributed by atoms with Crippen LogP contribution in [0, 0.1) is 15.9 Å². The summed E-state index contributed by atoms with van der Waals surface area (Å²) in [6, 6.07) is 18.4. The second kappa shape index (κ2) is 9.35. The number of ether oxygens (including phenoxy) is 1. The van der Waals surface area contributed by atoms with Crippen molar-refractivity contribution in [2.45, 2.75) is 18.1 Å². The number of aliphatic hydroxyl groups excluding tert-OH is 2. The Morgan fingerprint density at radius 3 is 2.27 bits per heavy atom. The molecule has 0 saturated heterocycles. The number of nitro benzene ring substituents is 1. The van der Waals surface area contributed by atoms with Gasteiger partial charge in [-0.05, 0) is 28.3 Å². The molecular weight excluding hydrogens is 431 g/mol. The molecule has 3 N–H and O–H groups in total. The first-order valence-electron chi connectivity index (χ1n) is 10.3. The number of nitrogens with one attached hydrogen (secondary N) is 1. The van der Waals surface area contributed by atoms with Gasteiger partial charge in [-0.1, -0.05) is 48.5 Å². The number of carbonyl (C=O) groups excluding carboxylic acids is 1. The molecule has 2 atom stereocenters. The lowest BCUT2D eigenvalue weighted by Gasteiger charge is -2.19. The molecule has 2 unspecified atom stereocenters. The van der Waals surface area contributed by atoms with Gasteiger partial charge in [0.25, 0.3) is 5.69 Å². The van der Waals surface area contributed by atoms with Crippen LogP contribution in [0.2, 0.25) is 0 Å². The van der Waals surface area contributed by atoms with E-state index in [1.54, 1.807) is 0 Å². The quantitative estimate of drug-likeness (QED) is 0.371. The van der Waals surface area contributed by atoms with Gasteiger partial charge < -0.3 is 20.3 Å². The Kier molecular flexibility index (Phi) is 6.34. The summed E-state index contributed by atoms with van der Waals surface area (Å²) in [4.78, 5) is 22.3. The number of benzene rings is 3. The third-order valence-electron chi connectivity index (χ3n) is 5.67. The predicted molar refractivity (Wildman–Crippen MR) is 117 cm³/mol. The van der Waals surface area contributed by atoms with E-state index in [-0.39, 0.29) is 12.5 Å². The number of non-ortho nitro benzene ring substituents is 1. The number of alkyl carbamates (subject to hydrolysis) is 1. The van der Waals surface area contributed by atoms with Crippen molar-refractivity contribution in [2.24, 2.45) is 0 Å². The highest BCUT2D eigenvalue weighted by atomic mass is 19.1. The largest absolute Gasteiger partial charge is 0.449 e. The fourth-order valence-corrected chi connectivity index (χ4v) is 4.03. The first-order valence-corrected chi connectivity index (χ1v) is 10.3. The Morgan fingerprint density at radius 2 is 1.67 bits per heavy atom. The topological polar surface area (TPSA) is 122 Å². The maximum atomic E-state index is 14.0. The zero-order chi connectivity index (χ0) is 23.5. The average molecular weight is 452 g/mol. The van der Waals surface area contributed by atoms with Gasteiger partial charge in [0.2, 0.25) is 0 Å². The summed E-state index contributed by atoms with van der Waals surface area (Å²) in [5.41, 5.74) is 3.39. The van der Waals surface area contributed by atoms with Crippen molar-refractivity contribution in [3.05, 3.63) is 99.4 Å². The standard InChI is InChI=1S/C24H21FN2O6/c25-21-10-9-14(27(31)32)11-19(21)23(29)22(28)12-26-24(30)33-13-20-17-7-3-1-5-15(17)16-6-2-4-8-18(16)20/h1-11,20,22-23,28-29H,12-13H2,(H,26,30). The summed E-state index contributed by atoms with van der Waals surface area (Å²) in [5, 5.41) is 33.6. The molecule has 0 bridgehead atoms. The maximum absolute atomic E-state index is 14.0. The molecule has 0 radical (unpaired) electrons. The number of hydrogen-bond donors (Lipinski definition) is 3. The van der Waals surface area contributed by atoms with Crippen LogP contribution < -0.4 is 5.32 Å². The minimum Gasteiger partial charge on any atom is -0.449 e. The van der Waals surface area contributed by atoms with Crippen LogP contribution in [0.1, 0.15) is 28.7 Å². The van der Waals surface area contributed by atoms with E-state index in [0.29, 0.717) is 0 Å². The van der Waals surface area contributed by atoms with Crippen molar-refractivity contribution < 1.29 is 29.1 Å². The van der Waals surface area contributed by atoms with E-state index < -0.39 is 46.8 Å². The molecule has 1 amide bonds. The van der Waals surface area contributed by atoms with Crippen molar-refractivity contribution in [1.82, 2.24) is 5.32 Å². The summed E-state index contributed by atoms with van der Waals surface area (Å²) in [6.07, 6.45) is -4.21. The van der Waals surface area contributed by atoms with Gasteiger partial charge in [-0.2, -0.15) is 0 Å². The van der Waals surface area contributed by atoms with Gasteiger partial charge in [0.15, 0.2) is 0 Å². The fourth-order valence-electron chi connectivity index (χ4n) is 4.03. The Hall–Kier alpha value is -3.82. The van der Waals surface area contributed by atoms with E-state index in [9.17, 15) is 29.5 Å². The molecule has 0 spiro atoms. The molecule has 0 saturated carbocycles. The van der Waals surface area contributed by atoms with Gasteiger partial charge in [0, 0.05) is 30.2 Å². The maximum Gasteiger partial charge on any atom is 0.407 e. The van der Waals surface area contributed by atoms with Crippen LogP contribution >= 0.6 is 0 Å². The second-order valence-electron chi connectivity index (χ2n) is 7.68. The lowest BCUT2D eigenvalue weighted by molar-refractivity contribution is -0.385. The molecule has 0 aromatic heterocycles. The van der Waals surface area contributed by atoms with Crippen molar-refractivity contribution in [2.75, 3.05) is 13.2 Å². The molecule has 3 aromatic rings. The molecule has 8 nitrogen and oxygen atoms in total. The van der Waals surface area contributed by atoms with Crippen molar-refractivity contribution in [1.29, 1.82) is 0 Å². The molecule has 0 fully saturated rings. The number of nitrogens with zero attached hydrogens (tertiary/aromatic N) is 1. The molecule has 9 heteroatoms. The normalized spacial score (nSPS) is 14.2. The third kappa shape index (κ3) is 4.55.